The highest BCUT2D eigenvalue weighted by atomic mass is 16.5. The summed E-state index contributed by atoms with van der Waals surface area (Å²) in [6.07, 6.45) is 0. The van der Waals surface area contributed by atoms with Gasteiger partial charge in [0.1, 0.15) is 0 Å². The van der Waals surface area contributed by atoms with E-state index in [1.54, 1.807) is 50.2 Å². The van der Waals surface area contributed by atoms with Crippen LogP contribution in [0.4, 0.5) is 0 Å². The summed E-state index contributed by atoms with van der Waals surface area (Å²) in [5.74, 6) is 0.985. The fourth-order valence-electron chi connectivity index (χ4n) is 1.93. The van der Waals surface area contributed by atoms with Crippen LogP contribution in [0.5, 0.6) is 0 Å². The number of aryl methyl sites for hydroxylation is 1. The Morgan fingerprint density at radius 3 is 2.57 bits per heavy atom. The van der Waals surface area contributed by atoms with Gasteiger partial charge in [0, 0.05) is 25.3 Å². The summed E-state index contributed by atoms with van der Waals surface area (Å²) in [6, 6.07) is 7.13. The summed E-state index contributed by atoms with van der Waals surface area (Å²) in [5.41, 5.74) is 1.40. The molecule has 112 valence electrons. The molecule has 0 aliphatic carbocycles. The van der Waals surface area contributed by atoms with E-state index >= 15 is 0 Å². The van der Waals surface area contributed by atoms with Gasteiger partial charge in [-0.25, -0.2) is 0 Å². The van der Waals surface area contributed by atoms with E-state index < -0.39 is 0 Å². The lowest BCUT2D eigenvalue weighted by molar-refractivity contribution is 0.0633. The average Bonchev–Trinajstić information content (AvgIpc) is 2.92. The summed E-state index contributed by atoms with van der Waals surface area (Å²) in [5, 5.41) is 3.75. The summed E-state index contributed by atoms with van der Waals surface area (Å²) in [6.45, 7) is 4.20. The number of carbonyl (C=O) groups excluding carboxylic acids is 1. The molecule has 0 aliphatic heterocycles. The largest absolute Gasteiger partial charge is 0.383 e. The van der Waals surface area contributed by atoms with E-state index in [0.29, 0.717) is 23.9 Å². The molecule has 0 unspecified atom stereocenters. The minimum Gasteiger partial charge on any atom is -0.383 e. The first-order chi connectivity index (χ1) is 10.0. The van der Waals surface area contributed by atoms with E-state index in [0.717, 1.165) is 5.56 Å². The van der Waals surface area contributed by atoms with Crippen LogP contribution in [0, 0.1) is 6.92 Å². The van der Waals surface area contributed by atoms with Crippen LogP contribution < -0.4 is 0 Å². The third kappa shape index (κ3) is 3.46. The molecule has 2 aromatic rings. The second-order valence-electron chi connectivity index (χ2n) is 4.94. The highest BCUT2D eigenvalue weighted by Crippen LogP contribution is 2.18. The number of likely N-dealkylation sites (N-methyl/N-ethyl adjacent to an activating group) is 1. The van der Waals surface area contributed by atoms with E-state index in [1.165, 1.54) is 0 Å². The number of aromatic nitrogens is 2. The van der Waals surface area contributed by atoms with Gasteiger partial charge in [-0.1, -0.05) is 5.16 Å². The number of benzene rings is 1. The molecule has 0 N–H and O–H groups in total. The molecule has 1 atom stereocenters. The number of nitrogens with zero attached hydrogens (tertiary/aromatic N) is 3. The number of carbonyl (C=O) groups is 1. The van der Waals surface area contributed by atoms with Gasteiger partial charge < -0.3 is 14.2 Å². The van der Waals surface area contributed by atoms with Crippen molar-refractivity contribution in [2.24, 2.45) is 0 Å². The summed E-state index contributed by atoms with van der Waals surface area (Å²) in [4.78, 5) is 18.1. The van der Waals surface area contributed by atoms with Crippen LogP contribution >= 0.6 is 0 Å². The smallest absolute Gasteiger partial charge is 0.257 e. The lowest BCUT2D eigenvalue weighted by atomic mass is 10.1. The summed E-state index contributed by atoms with van der Waals surface area (Å²) < 4.78 is 10.2. The molecule has 0 fully saturated rings. The Kier molecular flexibility index (Phi) is 4.70. The lowest BCUT2D eigenvalue weighted by Gasteiger charge is -2.24. The molecule has 1 aromatic heterocycles. The van der Waals surface area contributed by atoms with Crippen LogP contribution in [0.3, 0.4) is 0 Å². The third-order valence-corrected chi connectivity index (χ3v) is 3.30. The first kappa shape index (κ1) is 15.2. The maximum absolute atomic E-state index is 12.3. The van der Waals surface area contributed by atoms with Gasteiger partial charge in [0.05, 0.1) is 12.6 Å². The Labute approximate surface area is 123 Å². The molecule has 6 heteroatoms. The molecule has 0 saturated heterocycles. The first-order valence-corrected chi connectivity index (χ1v) is 6.69. The fraction of sp³-hybridized carbons (Fsp3) is 0.400. The number of rotatable bonds is 5. The van der Waals surface area contributed by atoms with Crippen LogP contribution in [0.1, 0.15) is 23.1 Å². The molecule has 0 bridgehead atoms. The van der Waals surface area contributed by atoms with Crippen molar-refractivity contribution in [2.45, 2.75) is 19.9 Å². The van der Waals surface area contributed by atoms with Gasteiger partial charge in [0.25, 0.3) is 11.8 Å². The van der Waals surface area contributed by atoms with Crippen molar-refractivity contribution in [3.05, 3.63) is 35.7 Å². The molecular weight excluding hydrogens is 270 g/mol. The number of methoxy groups -OCH3 is 1. The molecule has 0 radical (unpaired) electrons. The Morgan fingerprint density at radius 1 is 1.38 bits per heavy atom. The van der Waals surface area contributed by atoms with Gasteiger partial charge in [-0.05, 0) is 38.1 Å². The zero-order valence-corrected chi connectivity index (χ0v) is 12.7. The van der Waals surface area contributed by atoms with Crippen LogP contribution in [0.15, 0.2) is 28.8 Å². The Bertz CT molecular complexity index is 607. The predicted molar refractivity (Wildman–Crippen MR) is 77.9 cm³/mol. The zero-order valence-electron chi connectivity index (χ0n) is 12.7. The van der Waals surface area contributed by atoms with Crippen molar-refractivity contribution in [3.8, 4) is 11.5 Å². The van der Waals surface area contributed by atoms with Gasteiger partial charge in [0.2, 0.25) is 0 Å². The predicted octanol–water partition coefficient (Wildman–Crippen LogP) is 2.15. The van der Waals surface area contributed by atoms with E-state index in [2.05, 4.69) is 10.1 Å². The molecule has 0 saturated carbocycles. The van der Waals surface area contributed by atoms with Gasteiger partial charge >= 0.3 is 0 Å². The number of hydrogen-bond acceptors (Lipinski definition) is 5. The highest BCUT2D eigenvalue weighted by Gasteiger charge is 2.17. The highest BCUT2D eigenvalue weighted by molar-refractivity contribution is 5.94. The van der Waals surface area contributed by atoms with Gasteiger partial charge in [0.15, 0.2) is 5.82 Å². The van der Waals surface area contributed by atoms with E-state index in [9.17, 15) is 4.79 Å². The molecular formula is C15H19N3O3. The van der Waals surface area contributed by atoms with Crippen LogP contribution in [0.25, 0.3) is 11.5 Å². The van der Waals surface area contributed by atoms with Crippen LogP contribution in [-0.2, 0) is 4.74 Å². The molecule has 0 aliphatic rings. The number of ether oxygens (including phenoxy) is 1. The fourth-order valence-corrected chi connectivity index (χ4v) is 1.93. The normalized spacial score (nSPS) is 12.2. The number of amides is 1. The Balaban J connectivity index is 2.13. The third-order valence-electron chi connectivity index (χ3n) is 3.30. The minimum absolute atomic E-state index is 0.0146. The van der Waals surface area contributed by atoms with E-state index in [1.807, 2.05) is 6.92 Å². The minimum atomic E-state index is -0.0483. The second kappa shape index (κ2) is 6.49. The molecule has 21 heavy (non-hydrogen) atoms. The maximum Gasteiger partial charge on any atom is 0.257 e. The lowest BCUT2D eigenvalue weighted by Crippen LogP contribution is -2.37. The van der Waals surface area contributed by atoms with E-state index in [-0.39, 0.29) is 11.9 Å². The van der Waals surface area contributed by atoms with Crippen LogP contribution in [-0.4, -0.2) is 47.8 Å². The topological polar surface area (TPSA) is 68.5 Å². The van der Waals surface area contributed by atoms with Crippen molar-refractivity contribution in [3.63, 3.8) is 0 Å². The second-order valence-corrected chi connectivity index (χ2v) is 4.94. The SMILES string of the molecule is COC[C@@H](C)N(C)C(=O)c1ccc(-c2nc(C)no2)cc1. The van der Waals surface area contributed by atoms with Crippen molar-refractivity contribution in [2.75, 3.05) is 20.8 Å². The van der Waals surface area contributed by atoms with Crippen molar-refractivity contribution in [1.29, 1.82) is 0 Å². The quantitative estimate of drug-likeness (QED) is 0.843. The average molecular weight is 289 g/mol. The van der Waals surface area contributed by atoms with Gasteiger partial charge in [-0.15, -0.1) is 0 Å². The Morgan fingerprint density at radius 2 is 2.05 bits per heavy atom. The number of hydrogen-bond donors (Lipinski definition) is 0. The van der Waals surface area contributed by atoms with Gasteiger partial charge in [-0.3, -0.25) is 4.79 Å². The monoisotopic (exact) mass is 289 g/mol. The standard InChI is InChI=1S/C15H19N3O3/c1-10(9-20-4)18(3)15(19)13-7-5-12(6-8-13)14-16-11(2)17-21-14/h5-8,10H,9H2,1-4H3/t10-/m1/s1. The summed E-state index contributed by atoms with van der Waals surface area (Å²) in [7, 11) is 3.39. The molecule has 6 nitrogen and oxygen atoms in total. The van der Waals surface area contributed by atoms with Crippen molar-refractivity contribution >= 4 is 5.91 Å². The van der Waals surface area contributed by atoms with Gasteiger partial charge in [-0.2, -0.15) is 4.98 Å². The maximum atomic E-state index is 12.3. The zero-order chi connectivity index (χ0) is 15.4. The first-order valence-electron chi connectivity index (χ1n) is 6.69. The molecule has 1 amide bonds. The summed E-state index contributed by atoms with van der Waals surface area (Å²) >= 11 is 0. The molecule has 1 aromatic carbocycles. The molecule has 0 spiro atoms. The molecule has 2 rings (SSSR count). The van der Waals surface area contributed by atoms with E-state index in [4.69, 9.17) is 9.26 Å². The van der Waals surface area contributed by atoms with Crippen LogP contribution in [0.2, 0.25) is 0 Å². The Hall–Kier alpha value is -2.21. The van der Waals surface area contributed by atoms with Crippen molar-refractivity contribution in [1.82, 2.24) is 15.0 Å². The van der Waals surface area contributed by atoms with Crippen molar-refractivity contribution < 1.29 is 14.1 Å². The molecule has 1 heterocycles.